The summed E-state index contributed by atoms with van der Waals surface area (Å²) in [5.41, 5.74) is 0.446. The Morgan fingerprint density at radius 3 is 2.60 bits per heavy atom. The minimum Gasteiger partial charge on any atom is -0.376 e. The zero-order chi connectivity index (χ0) is 15.0. The molecule has 1 saturated carbocycles. The van der Waals surface area contributed by atoms with Crippen LogP contribution in [-0.4, -0.2) is 25.3 Å². The number of ether oxygens (including phenoxy) is 1. The van der Waals surface area contributed by atoms with E-state index in [-0.39, 0.29) is 0 Å². The van der Waals surface area contributed by atoms with E-state index in [0.29, 0.717) is 17.6 Å². The molecular formula is C18H37NO. The number of unbranched alkanes of at least 4 members (excludes halogenated alkanes) is 1. The number of rotatable bonds is 9. The Labute approximate surface area is 127 Å². The summed E-state index contributed by atoms with van der Waals surface area (Å²) >= 11 is 0. The average molecular weight is 284 g/mol. The van der Waals surface area contributed by atoms with E-state index in [0.717, 1.165) is 19.1 Å². The lowest BCUT2D eigenvalue weighted by Crippen LogP contribution is -2.48. The quantitative estimate of drug-likeness (QED) is 0.658. The number of likely N-dealkylation sites (N-methyl/N-ethyl adjacent to an activating group) is 1. The molecule has 0 amide bonds. The molecule has 0 aromatic heterocycles. The summed E-state index contributed by atoms with van der Waals surface area (Å²) in [7, 11) is 0. The Morgan fingerprint density at radius 2 is 2.00 bits per heavy atom. The first-order valence-electron chi connectivity index (χ1n) is 8.87. The highest BCUT2D eigenvalue weighted by atomic mass is 16.5. The zero-order valence-electron chi connectivity index (χ0n) is 14.5. The van der Waals surface area contributed by atoms with Crippen molar-refractivity contribution in [2.24, 2.45) is 11.3 Å². The molecule has 120 valence electrons. The van der Waals surface area contributed by atoms with Crippen molar-refractivity contribution < 1.29 is 4.74 Å². The molecule has 0 aromatic carbocycles. The summed E-state index contributed by atoms with van der Waals surface area (Å²) in [5, 5.41) is 3.63. The van der Waals surface area contributed by atoms with E-state index in [1.165, 1.54) is 44.9 Å². The summed E-state index contributed by atoms with van der Waals surface area (Å²) < 4.78 is 6.37. The average Bonchev–Trinajstić information content (AvgIpc) is 2.41. The Morgan fingerprint density at radius 1 is 1.25 bits per heavy atom. The van der Waals surface area contributed by atoms with Crippen molar-refractivity contribution in [1.29, 1.82) is 0 Å². The third-order valence-electron chi connectivity index (χ3n) is 4.89. The Kier molecular flexibility index (Phi) is 8.13. The summed E-state index contributed by atoms with van der Waals surface area (Å²) in [4.78, 5) is 0. The molecular weight excluding hydrogens is 246 g/mol. The van der Waals surface area contributed by atoms with Crippen molar-refractivity contribution in [2.75, 3.05) is 13.2 Å². The van der Waals surface area contributed by atoms with Crippen molar-refractivity contribution in [3.63, 3.8) is 0 Å². The van der Waals surface area contributed by atoms with Gasteiger partial charge in [-0.25, -0.2) is 0 Å². The summed E-state index contributed by atoms with van der Waals surface area (Å²) in [6, 6.07) is 0.566. The van der Waals surface area contributed by atoms with Crippen molar-refractivity contribution >= 4 is 0 Å². The minimum atomic E-state index is 0.411. The summed E-state index contributed by atoms with van der Waals surface area (Å²) in [6.07, 6.45) is 9.41. The second-order valence-electron chi connectivity index (χ2n) is 7.36. The Balaban J connectivity index is 2.46. The molecule has 1 N–H and O–H groups in total. The van der Waals surface area contributed by atoms with Gasteiger partial charge in [-0.3, -0.25) is 0 Å². The van der Waals surface area contributed by atoms with Gasteiger partial charge in [0.1, 0.15) is 0 Å². The molecule has 0 radical (unpaired) electrons. The predicted molar refractivity (Wildman–Crippen MR) is 88.1 cm³/mol. The lowest BCUT2D eigenvalue weighted by atomic mass is 9.74. The van der Waals surface area contributed by atoms with E-state index in [1.807, 2.05) is 0 Å². The van der Waals surface area contributed by atoms with Gasteiger partial charge in [0.05, 0.1) is 6.10 Å². The van der Waals surface area contributed by atoms with E-state index >= 15 is 0 Å². The normalized spacial score (nSPS) is 27.4. The standard InChI is InChI=1S/C18H37NO/c1-6-9-10-15(7-2)14-20-17-13-18(4,5)12-11-16(17)19-8-3/h15-17,19H,6-14H2,1-5H3. The Bertz CT molecular complexity index is 252. The molecule has 3 unspecified atom stereocenters. The Hall–Kier alpha value is -0.0800. The lowest BCUT2D eigenvalue weighted by Gasteiger charge is -2.41. The molecule has 0 spiro atoms. The zero-order valence-corrected chi connectivity index (χ0v) is 14.5. The van der Waals surface area contributed by atoms with E-state index in [1.54, 1.807) is 0 Å². The van der Waals surface area contributed by atoms with Crippen molar-refractivity contribution in [3.05, 3.63) is 0 Å². The van der Waals surface area contributed by atoms with Crippen LogP contribution in [0.5, 0.6) is 0 Å². The number of hydrogen-bond donors (Lipinski definition) is 1. The third-order valence-corrected chi connectivity index (χ3v) is 4.89. The maximum absolute atomic E-state index is 6.37. The van der Waals surface area contributed by atoms with Crippen LogP contribution in [-0.2, 0) is 4.74 Å². The predicted octanol–water partition coefficient (Wildman–Crippen LogP) is 4.78. The molecule has 0 aliphatic heterocycles. The largest absolute Gasteiger partial charge is 0.376 e. The van der Waals surface area contributed by atoms with Gasteiger partial charge in [0.25, 0.3) is 0 Å². The highest BCUT2D eigenvalue weighted by Gasteiger charge is 2.35. The van der Waals surface area contributed by atoms with Crippen LogP contribution in [0.15, 0.2) is 0 Å². The molecule has 1 aliphatic rings. The molecule has 2 nitrogen and oxygen atoms in total. The van der Waals surface area contributed by atoms with Crippen molar-refractivity contribution in [2.45, 2.75) is 91.7 Å². The van der Waals surface area contributed by atoms with Crippen LogP contribution in [0, 0.1) is 11.3 Å². The topological polar surface area (TPSA) is 21.3 Å². The molecule has 3 atom stereocenters. The van der Waals surface area contributed by atoms with Crippen LogP contribution in [0.1, 0.15) is 79.6 Å². The van der Waals surface area contributed by atoms with Gasteiger partial charge in [0.15, 0.2) is 0 Å². The molecule has 0 heterocycles. The number of nitrogens with one attached hydrogen (secondary N) is 1. The fraction of sp³-hybridized carbons (Fsp3) is 1.00. The second-order valence-corrected chi connectivity index (χ2v) is 7.36. The fourth-order valence-corrected chi connectivity index (χ4v) is 3.35. The summed E-state index contributed by atoms with van der Waals surface area (Å²) in [5.74, 6) is 0.752. The van der Waals surface area contributed by atoms with Crippen LogP contribution < -0.4 is 5.32 Å². The second kappa shape index (κ2) is 9.04. The third kappa shape index (κ3) is 6.13. The SMILES string of the molecule is CCCCC(CC)COC1CC(C)(C)CCC1NCC. The van der Waals surface area contributed by atoms with Gasteiger partial charge in [-0.05, 0) is 43.6 Å². The highest BCUT2D eigenvalue weighted by molar-refractivity contribution is 4.89. The molecule has 2 heteroatoms. The fourth-order valence-electron chi connectivity index (χ4n) is 3.35. The van der Waals surface area contributed by atoms with Crippen LogP contribution in [0.4, 0.5) is 0 Å². The first-order valence-corrected chi connectivity index (χ1v) is 8.87. The van der Waals surface area contributed by atoms with E-state index in [9.17, 15) is 0 Å². The van der Waals surface area contributed by atoms with Gasteiger partial charge in [0.2, 0.25) is 0 Å². The van der Waals surface area contributed by atoms with Gasteiger partial charge in [-0.2, -0.15) is 0 Å². The van der Waals surface area contributed by atoms with Gasteiger partial charge in [-0.15, -0.1) is 0 Å². The molecule has 0 bridgehead atoms. The maximum Gasteiger partial charge on any atom is 0.0733 e. The van der Waals surface area contributed by atoms with E-state index in [4.69, 9.17) is 4.74 Å². The molecule has 0 aromatic rings. The molecule has 0 saturated heterocycles. The van der Waals surface area contributed by atoms with Crippen molar-refractivity contribution in [1.82, 2.24) is 5.32 Å². The van der Waals surface area contributed by atoms with Gasteiger partial charge in [0, 0.05) is 12.6 Å². The van der Waals surface area contributed by atoms with Gasteiger partial charge in [-0.1, -0.05) is 53.9 Å². The summed E-state index contributed by atoms with van der Waals surface area (Å²) in [6.45, 7) is 13.6. The van der Waals surface area contributed by atoms with Crippen molar-refractivity contribution in [3.8, 4) is 0 Å². The van der Waals surface area contributed by atoms with E-state index < -0.39 is 0 Å². The minimum absolute atomic E-state index is 0.411. The monoisotopic (exact) mass is 283 g/mol. The smallest absolute Gasteiger partial charge is 0.0733 e. The molecule has 1 fully saturated rings. The van der Waals surface area contributed by atoms with Gasteiger partial charge >= 0.3 is 0 Å². The lowest BCUT2D eigenvalue weighted by molar-refractivity contribution is -0.0426. The molecule has 20 heavy (non-hydrogen) atoms. The maximum atomic E-state index is 6.37. The van der Waals surface area contributed by atoms with Crippen LogP contribution in [0.25, 0.3) is 0 Å². The first kappa shape index (κ1) is 18.0. The van der Waals surface area contributed by atoms with Crippen LogP contribution >= 0.6 is 0 Å². The number of hydrogen-bond acceptors (Lipinski definition) is 2. The van der Waals surface area contributed by atoms with Crippen LogP contribution in [0.2, 0.25) is 0 Å². The first-order chi connectivity index (χ1) is 9.52. The van der Waals surface area contributed by atoms with Gasteiger partial charge < -0.3 is 10.1 Å². The molecule has 1 rings (SSSR count). The molecule has 1 aliphatic carbocycles. The van der Waals surface area contributed by atoms with Crippen LogP contribution in [0.3, 0.4) is 0 Å². The van der Waals surface area contributed by atoms with E-state index in [2.05, 4.69) is 39.9 Å². The highest BCUT2D eigenvalue weighted by Crippen LogP contribution is 2.37.